The molecule has 0 saturated carbocycles. The maximum atomic E-state index is 12.5. The van der Waals surface area contributed by atoms with Crippen molar-refractivity contribution >= 4 is 23.4 Å². The second kappa shape index (κ2) is 8.97. The lowest BCUT2D eigenvalue weighted by atomic mass is 10.1. The molecular weight excluding hydrogens is 372 g/mol. The summed E-state index contributed by atoms with van der Waals surface area (Å²) in [6, 6.07) is 13.6. The molecule has 0 aliphatic rings. The number of hydrogen-bond acceptors (Lipinski definition) is 5. The van der Waals surface area contributed by atoms with Gasteiger partial charge in [0.05, 0.1) is 18.1 Å². The van der Waals surface area contributed by atoms with Crippen LogP contribution in [0.1, 0.15) is 23.7 Å². The van der Waals surface area contributed by atoms with Crippen molar-refractivity contribution in [1.29, 1.82) is 0 Å². The monoisotopic (exact) mass is 396 g/mol. The Morgan fingerprint density at radius 3 is 2.68 bits per heavy atom. The van der Waals surface area contributed by atoms with Crippen molar-refractivity contribution in [3.05, 3.63) is 65.5 Å². The first-order valence-corrected chi connectivity index (χ1v) is 10.1. The van der Waals surface area contributed by atoms with Crippen molar-refractivity contribution in [2.24, 2.45) is 0 Å². The normalized spacial score (nSPS) is 11.9. The minimum absolute atomic E-state index is 0.0161. The fraction of sp³-hybridized carbons (Fsp3) is 0.273. The van der Waals surface area contributed by atoms with Gasteiger partial charge < -0.3 is 14.5 Å². The number of methoxy groups -OCH3 is 1. The van der Waals surface area contributed by atoms with Gasteiger partial charge in [0.15, 0.2) is 0 Å². The molecule has 0 fully saturated rings. The summed E-state index contributed by atoms with van der Waals surface area (Å²) in [5.74, 6) is 1.93. The summed E-state index contributed by atoms with van der Waals surface area (Å²) in [7, 11) is 1.63. The molecule has 5 nitrogen and oxygen atoms in total. The van der Waals surface area contributed by atoms with Gasteiger partial charge in [-0.1, -0.05) is 12.1 Å². The van der Waals surface area contributed by atoms with E-state index in [2.05, 4.69) is 10.3 Å². The molecule has 0 radical (unpaired) electrons. The van der Waals surface area contributed by atoms with Gasteiger partial charge in [0.1, 0.15) is 12.0 Å². The lowest BCUT2D eigenvalue weighted by Gasteiger charge is -2.13. The number of rotatable bonds is 7. The number of nitrogens with one attached hydrogen (secondary N) is 1. The number of anilines is 1. The zero-order valence-corrected chi connectivity index (χ0v) is 17.3. The number of amides is 1. The maximum absolute atomic E-state index is 12.5. The van der Waals surface area contributed by atoms with Crippen molar-refractivity contribution in [1.82, 2.24) is 4.98 Å². The number of nitrogens with zero attached hydrogens (tertiary/aromatic N) is 1. The molecule has 0 unspecified atom stereocenters. The summed E-state index contributed by atoms with van der Waals surface area (Å²) in [6.45, 7) is 5.90. The van der Waals surface area contributed by atoms with E-state index in [1.165, 1.54) is 11.8 Å². The van der Waals surface area contributed by atoms with E-state index in [4.69, 9.17) is 9.15 Å². The Balaban J connectivity index is 1.57. The van der Waals surface area contributed by atoms with Gasteiger partial charge in [-0.25, -0.2) is 4.98 Å². The Labute approximate surface area is 169 Å². The standard InChI is InChI=1S/C22H24N2O3S/c1-14-5-6-15(2)20(11-14)24-21(25)16(3)28-13-18-12-27-22(23-18)17-7-9-19(26-4)10-8-17/h5-12,16H,13H2,1-4H3,(H,24,25)/t16-/m1/s1. The first-order valence-electron chi connectivity index (χ1n) is 9.05. The molecule has 146 valence electrons. The molecule has 0 bridgehead atoms. The van der Waals surface area contributed by atoms with Crippen LogP contribution in [-0.4, -0.2) is 23.3 Å². The Bertz CT molecular complexity index is 951. The van der Waals surface area contributed by atoms with Crippen LogP contribution in [0, 0.1) is 13.8 Å². The van der Waals surface area contributed by atoms with Crippen LogP contribution in [0.3, 0.4) is 0 Å². The average molecular weight is 397 g/mol. The molecule has 1 amide bonds. The smallest absolute Gasteiger partial charge is 0.237 e. The number of aryl methyl sites for hydroxylation is 2. The zero-order chi connectivity index (χ0) is 20.1. The van der Waals surface area contributed by atoms with Crippen LogP contribution in [0.2, 0.25) is 0 Å². The van der Waals surface area contributed by atoms with Crippen molar-refractivity contribution in [3.8, 4) is 17.2 Å². The van der Waals surface area contributed by atoms with Crippen LogP contribution < -0.4 is 10.1 Å². The van der Waals surface area contributed by atoms with E-state index in [9.17, 15) is 4.79 Å². The zero-order valence-electron chi connectivity index (χ0n) is 16.5. The number of oxazole rings is 1. The molecule has 1 aromatic heterocycles. The highest BCUT2D eigenvalue weighted by molar-refractivity contribution is 7.99. The molecule has 0 aliphatic heterocycles. The first kappa shape index (κ1) is 20.0. The topological polar surface area (TPSA) is 64.4 Å². The summed E-state index contributed by atoms with van der Waals surface area (Å²) in [5.41, 5.74) is 4.73. The highest BCUT2D eigenvalue weighted by atomic mass is 32.2. The fourth-order valence-corrected chi connectivity index (χ4v) is 3.39. The highest BCUT2D eigenvalue weighted by Gasteiger charge is 2.16. The van der Waals surface area contributed by atoms with Crippen molar-refractivity contribution in [2.45, 2.75) is 31.8 Å². The van der Waals surface area contributed by atoms with Crippen LogP contribution >= 0.6 is 11.8 Å². The fourth-order valence-electron chi connectivity index (χ4n) is 2.63. The Hall–Kier alpha value is -2.73. The third kappa shape index (κ3) is 4.95. The van der Waals surface area contributed by atoms with Gasteiger partial charge >= 0.3 is 0 Å². The van der Waals surface area contributed by atoms with E-state index < -0.39 is 0 Å². The quantitative estimate of drug-likeness (QED) is 0.593. The minimum atomic E-state index is -0.207. The van der Waals surface area contributed by atoms with Crippen LogP contribution in [0.15, 0.2) is 53.1 Å². The lowest BCUT2D eigenvalue weighted by molar-refractivity contribution is -0.115. The molecule has 0 saturated heterocycles. The molecule has 3 aromatic rings. The van der Waals surface area contributed by atoms with Crippen LogP contribution in [-0.2, 0) is 10.5 Å². The second-order valence-electron chi connectivity index (χ2n) is 6.63. The third-order valence-corrected chi connectivity index (χ3v) is 5.57. The third-order valence-electron chi connectivity index (χ3n) is 4.39. The first-order chi connectivity index (χ1) is 13.5. The van der Waals surface area contributed by atoms with Crippen LogP contribution in [0.5, 0.6) is 5.75 Å². The molecule has 3 rings (SSSR count). The molecule has 0 spiro atoms. The van der Waals surface area contributed by atoms with E-state index in [1.807, 2.05) is 63.2 Å². The number of hydrogen-bond donors (Lipinski definition) is 1. The number of ether oxygens (including phenoxy) is 1. The predicted molar refractivity (Wildman–Crippen MR) is 114 cm³/mol. The van der Waals surface area contributed by atoms with Gasteiger partial charge in [0.25, 0.3) is 0 Å². The summed E-state index contributed by atoms with van der Waals surface area (Å²) < 4.78 is 10.7. The molecular formula is C22H24N2O3S. The molecule has 1 N–H and O–H groups in total. The summed E-state index contributed by atoms with van der Waals surface area (Å²) in [4.78, 5) is 17.0. The van der Waals surface area contributed by atoms with E-state index in [-0.39, 0.29) is 11.2 Å². The summed E-state index contributed by atoms with van der Waals surface area (Å²) in [6.07, 6.45) is 1.64. The lowest BCUT2D eigenvalue weighted by Crippen LogP contribution is -2.23. The molecule has 2 aromatic carbocycles. The van der Waals surface area contributed by atoms with Gasteiger partial charge in [-0.05, 0) is 62.2 Å². The molecule has 1 atom stereocenters. The summed E-state index contributed by atoms with van der Waals surface area (Å²) in [5, 5.41) is 2.81. The maximum Gasteiger partial charge on any atom is 0.237 e. The SMILES string of the molecule is COc1ccc(-c2nc(CS[C@H](C)C(=O)Nc3cc(C)ccc3C)co2)cc1. The summed E-state index contributed by atoms with van der Waals surface area (Å²) >= 11 is 1.53. The molecule has 0 aliphatic carbocycles. The Morgan fingerprint density at radius 2 is 1.96 bits per heavy atom. The van der Waals surface area contributed by atoms with Crippen molar-refractivity contribution < 1.29 is 13.9 Å². The highest BCUT2D eigenvalue weighted by Crippen LogP contribution is 2.25. The Morgan fingerprint density at radius 1 is 1.21 bits per heavy atom. The molecule has 28 heavy (non-hydrogen) atoms. The largest absolute Gasteiger partial charge is 0.497 e. The molecule has 1 heterocycles. The van der Waals surface area contributed by atoms with Crippen molar-refractivity contribution in [2.75, 3.05) is 12.4 Å². The molecule has 6 heteroatoms. The van der Waals surface area contributed by atoms with Crippen LogP contribution in [0.4, 0.5) is 5.69 Å². The van der Waals surface area contributed by atoms with Gasteiger partial charge in [-0.15, -0.1) is 11.8 Å². The average Bonchev–Trinajstić information content (AvgIpc) is 3.18. The van der Waals surface area contributed by atoms with E-state index in [0.29, 0.717) is 11.6 Å². The number of benzene rings is 2. The number of aromatic nitrogens is 1. The van der Waals surface area contributed by atoms with Crippen molar-refractivity contribution in [3.63, 3.8) is 0 Å². The second-order valence-corrected chi connectivity index (χ2v) is 7.96. The van der Waals surface area contributed by atoms with E-state index in [1.54, 1.807) is 13.4 Å². The number of carbonyl (C=O) groups excluding carboxylic acids is 1. The minimum Gasteiger partial charge on any atom is -0.497 e. The van der Waals surface area contributed by atoms with E-state index in [0.717, 1.165) is 33.8 Å². The van der Waals surface area contributed by atoms with E-state index >= 15 is 0 Å². The van der Waals surface area contributed by atoms with Gasteiger partial charge in [0.2, 0.25) is 11.8 Å². The van der Waals surface area contributed by atoms with Gasteiger partial charge in [-0.2, -0.15) is 0 Å². The number of thioether (sulfide) groups is 1. The van der Waals surface area contributed by atoms with Crippen LogP contribution in [0.25, 0.3) is 11.5 Å². The van der Waals surface area contributed by atoms with Gasteiger partial charge in [0, 0.05) is 17.0 Å². The number of carbonyl (C=O) groups is 1. The Kier molecular flexibility index (Phi) is 6.41. The van der Waals surface area contributed by atoms with Gasteiger partial charge in [-0.3, -0.25) is 4.79 Å². The predicted octanol–water partition coefficient (Wildman–Crippen LogP) is 5.23.